The zero-order valence-electron chi connectivity index (χ0n) is 13.4. The first-order valence-corrected chi connectivity index (χ1v) is 8.62. The number of amides is 2. The maximum absolute atomic E-state index is 12.7. The van der Waals surface area contributed by atoms with Gasteiger partial charge in [0.2, 0.25) is 5.91 Å². The number of morpholine rings is 1. The Kier molecular flexibility index (Phi) is 4.65. The summed E-state index contributed by atoms with van der Waals surface area (Å²) in [7, 11) is 0. The quantitative estimate of drug-likeness (QED) is 0.786. The van der Waals surface area contributed by atoms with E-state index in [1.807, 2.05) is 13.8 Å². The third-order valence-corrected chi connectivity index (χ3v) is 4.96. The fraction of sp³-hybridized carbons (Fsp3) is 0.667. The molecule has 126 valence electrons. The second kappa shape index (κ2) is 6.54. The Labute approximate surface area is 139 Å². The second-order valence-electron chi connectivity index (χ2n) is 5.91. The van der Waals surface area contributed by atoms with Crippen molar-refractivity contribution in [3.8, 4) is 0 Å². The number of hydrogen-bond acceptors (Lipinski definition) is 6. The van der Waals surface area contributed by atoms with E-state index in [4.69, 9.17) is 9.47 Å². The molecule has 3 heterocycles. The van der Waals surface area contributed by atoms with E-state index in [0.29, 0.717) is 45.1 Å². The Balaban J connectivity index is 1.78. The van der Waals surface area contributed by atoms with Crippen LogP contribution in [-0.4, -0.2) is 78.2 Å². The van der Waals surface area contributed by atoms with E-state index < -0.39 is 5.60 Å². The lowest BCUT2D eigenvalue weighted by atomic mass is 10.0. The van der Waals surface area contributed by atoms with Gasteiger partial charge in [-0.2, -0.15) is 0 Å². The number of carbonyl (C=O) groups excluding carboxylic acids is 2. The highest BCUT2D eigenvalue weighted by Gasteiger charge is 2.43. The van der Waals surface area contributed by atoms with Gasteiger partial charge in [0.25, 0.3) is 5.91 Å². The fourth-order valence-corrected chi connectivity index (χ4v) is 3.55. The first-order chi connectivity index (χ1) is 11.0. The highest BCUT2D eigenvalue weighted by molar-refractivity contribution is 7.09. The Morgan fingerprint density at radius 1 is 1.48 bits per heavy atom. The molecular weight excluding hydrogens is 318 g/mol. The van der Waals surface area contributed by atoms with Gasteiger partial charge in [-0.3, -0.25) is 9.59 Å². The van der Waals surface area contributed by atoms with Crippen LogP contribution in [0.25, 0.3) is 0 Å². The fourth-order valence-electron chi connectivity index (χ4n) is 2.96. The van der Waals surface area contributed by atoms with E-state index in [1.165, 1.54) is 11.3 Å². The minimum atomic E-state index is -0.652. The molecule has 23 heavy (non-hydrogen) atoms. The molecule has 0 aliphatic carbocycles. The van der Waals surface area contributed by atoms with Crippen molar-refractivity contribution in [1.29, 1.82) is 0 Å². The molecule has 1 aromatic rings. The SMILES string of the molecule is CCN1CC2(COCCN(C(=O)c3csc(C)n3)C2)OCC1=O. The highest BCUT2D eigenvalue weighted by Crippen LogP contribution is 2.24. The molecule has 0 N–H and O–H groups in total. The lowest BCUT2D eigenvalue weighted by Crippen LogP contribution is -2.61. The van der Waals surface area contributed by atoms with E-state index in [0.717, 1.165) is 5.01 Å². The van der Waals surface area contributed by atoms with Gasteiger partial charge >= 0.3 is 0 Å². The van der Waals surface area contributed by atoms with Crippen molar-refractivity contribution in [1.82, 2.24) is 14.8 Å². The largest absolute Gasteiger partial charge is 0.376 e. The van der Waals surface area contributed by atoms with E-state index in [-0.39, 0.29) is 18.4 Å². The molecule has 0 aromatic carbocycles. The third kappa shape index (κ3) is 3.39. The van der Waals surface area contributed by atoms with Crippen LogP contribution in [0.4, 0.5) is 0 Å². The van der Waals surface area contributed by atoms with Gasteiger partial charge in [0, 0.05) is 18.5 Å². The molecule has 2 saturated heterocycles. The number of hydrogen-bond donors (Lipinski definition) is 0. The summed E-state index contributed by atoms with van der Waals surface area (Å²) in [6.07, 6.45) is 0. The molecule has 1 aromatic heterocycles. The summed E-state index contributed by atoms with van der Waals surface area (Å²) in [6.45, 7) is 6.68. The van der Waals surface area contributed by atoms with Gasteiger partial charge in [-0.15, -0.1) is 11.3 Å². The summed E-state index contributed by atoms with van der Waals surface area (Å²) in [5.41, 5.74) is -0.190. The number of aromatic nitrogens is 1. The Bertz CT molecular complexity index is 605. The van der Waals surface area contributed by atoms with Crippen LogP contribution in [0.3, 0.4) is 0 Å². The maximum Gasteiger partial charge on any atom is 0.273 e. The van der Waals surface area contributed by atoms with Crippen LogP contribution in [-0.2, 0) is 14.3 Å². The normalized spacial score (nSPS) is 25.7. The summed E-state index contributed by atoms with van der Waals surface area (Å²) in [5.74, 6) is -0.127. The Morgan fingerprint density at radius 2 is 2.30 bits per heavy atom. The first kappa shape index (κ1) is 16.4. The molecule has 2 fully saturated rings. The predicted molar refractivity (Wildman–Crippen MR) is 84.5 cm³/mol. The first-order valence-electron chi connectivity index (χ1n) is 7.74. The van der Waals surface area contributed by atoms with Gasteiger partial charge in [0.05, 0.1) is 31.3 Å². The number of rotatable bonds is 2. The summed E-state index contributed by atoms with van der Waals surface area (Å²) < 4.78 is 11.5. The molecule has 0 bridgehead atoms. The summed E-state index contributed by atoms with van der Waals surface area (Å²) >= 11 is 1.46. The number of carbonyl (C=O) groups is 2. The molecule has 2 aliphatic rings. The summed E-state index contributed by atoms with van der Waals surface area (Å²) in [5, 5.41) is 2.64. The zero-order chi connectivity index (χ0) is 16.4. The van der Waals surface area contributed by atoms with Crippen molar-refractivity contribution in [2.45, 2.75) is 19.4 Å². The predicted octanol–water partition coefficient (Wildman–Crippen LogP) is 0.541. The summed E-state index contributed by atoms with van der Waals surface area (Å²) in [6, 6.07) is 0. The van der Waals surface area contributed by atoms with E-state index >= 15 is 0 Å². The molecule has 0 radical (unpaired) electrons. The number of likely N-dealkylation sites (N-methyl/N-ethyl adjacent to an activating group) is 1. The van der Waals surface area contributed by atoms with E-state index in [1.54, 1.807) is 15.2 Å². The standard InChI is InChI=1S/C15H21N3O4S/c1-3-17-8-15(22-6-13(17)19)9-18(4-5-21-10-15)14(20)12-7-23-11(2)16-12/h7H,3-6,8-10H2,1-2H3. The van der Waals surface area contributed by atoms with Crippen molar-refractivity contribution >= 4 is 23.2 Å². The lowest BCUT2D eigenvalue weighted by Gasteiger charge is -2.42. The second-order valence-corrected chi connectivity index (χ2v) is 6.97. The molecule has 3 rings (SSSR count). The average molecular weight is 339 g/mol. The van der Waals surface area contributed by atoms with Crippen LogP contribution in [0.5, 0.6) is 0 Å². The van der Waals surface area contributed by atoms with Gasteiger partial charge in [-0.1, -0.05) is 0 Å². The molecule has 1 atom stereocenters. The number of thiazole rings is 1. The van der Waals surface area contributed by atoms with Gasteiger partial charge in [-0.05, 0) is 13.8 Å². The maximum atomic E-state index is 12.7. The van der Waals surface area contributed by atoms with Crippen LogP contribution in [0.2, 0.25) is 0 Å². The van der Waals surface area contributed by atoms with Crippen LogP contribution in [0.15, 0.2) is 5.38 Å². The molecule has 2 aliphatic heterocycles. The topological polar surface area (TPSA) is 72.0 Å². The van der Waals surface area contributed by atoms with Crippen molar-refractivity contribution in [2.24, 2.45) is 0 Å². The monoisotopic (exact) mass is 339 g/mol. The highest BCUT2D eigenvalue weighted by atomic mass is 32.1. The van der Waals surface area contributed by atoms with Crippen LogP contribution in [0.1, 0.15) is 22.4 Å². The van der Waals surface area contributed by atoms with Gasteiger partial charge in [0.1, 0.15) is 17.9 Å². The van der Waals surface area contributed by atoms with Gasteiger partial charge in [-0.25, -0.2) is 4.98 Å². The van der Waals surface area contributed by atoms with Crippen LogP contribution < -0.4 is 0 Å². The van der Waals surface area contributed by atoms with Gasteiger partial charge in [0.15, 0.2) is 0 Å². The van der Waals surface area contributed by atoms with Crippen LogP contribution >= 0.6 is 11.3 Å². The number of nitrogens with zero attached hydrogens (tertiary/aromatic N) is 3. The molecule has 0 saturated carbocycles. The molecule has 8 heteroatoms. The van der Waals surface area contributed by atoms with Crippen molar-refractivity contribution in [3.63, 3.8) is 0 Å². The molecule has 1 spiro atoms. The Morgan fingerprint density at radius 3 is 3.00 bits per heavy atom. The minimum absolute atomic E-state index is 0.0182. The minimum Gasteiger partial charge on any atom is -0.376 e. The van der Waals surface area contributed by atoms with E-state index in [2.05, 4.69) is 4.98 Å². The number of aryl methyl sites for hydroxylation is 1. The summed E-state index contributed by atoms with van der Waals surface area (Å²) in [4.78, 5) is 32.3. The molecule has 2 amide bonds. The van der Waals surface area contributed by atoms with Crippen molar-refractivity contribution in [2.75, 3.05) is 46.0 Å². The Hall–Kier alpha value is -1.51. The molecule has 1 unspecified atom stereocenters. The lowest BCUT2D eigenvalue weighted by molar-refractivity contribution is -0.171. The third-order valence-electron chi connectivity index (χ3n) is 4.19. The van der Waals surface area contributed by atoms with E-state index in [9.17, 15) is 9.59 Å². The van der Waals surface area contributed by atoms with Crippen molar-refractivity contribution in [3.05, 3.63) is 16.1 Å². The molecule has 7 nitrogen and oxygen atoms in total. The smallest absolute Gasteiger partial charge is 0.273 e. The zero-order valence-corrected chi connectivity index (χ0v) is 14.2. The van der Waals surface area contributed by atoms with Gasteiger partial charge < -0.3 is 19.3 Å². The molecular formula is C15H21N3O4S. The van der Waals surface area contributed by atoms with Crippen molar-refractivity contribution < 1.29 is 19.1 Å². The van der Waals surface area contributed by atoms with Crippen LogP contribution in [0, 0.1) is 6.92 Å². The number of ether oxygens (including phenoxy) is 2. The average Bonchev–Trinajstić information content (AvgIpc) is 2.87.